The molecule has 1 fully saturated rings. The number of benzene rings is 1. The number of carbonyl (C=O) groups excluding carboxylic acids is 1. The number of aldehydes is 1. The van der Waals surface area contributed by atoms with Crippen LogP contribution >= 0.6 is 0 Å². The van der Waals surface area contributed by atoms with Crippen molar-refractivity contribution in [2.75, 3.05) is 0 Å². The van der Waals surface area contributed by atoms with Gasteiger partial charge in [0.15, 0.2) is 6.29 Å². The van der Waals surface area contributed by atoms with Crippen LogP contribution in [0.1, 0.15) is 49.9 Å². The Morgan fingerprint density at radius 1 is 1.19 bits per heavy atom. The number of hydrogen-bond acceptors (Lipinski definition) is 3. The summed E-state index contributed by atoms with van der Waals surface area (Å²) in [5.41, 5.74) is 0.489. The molecule has 0 spiro atoms. The lowest BCUT2D eigenvalue weighted by atomic mass is 10.1. The fraction of sp³-hybridized carbons (Fsp3) is 0.412. The standard InChI is InChI=1S/C15H15NO3.C2H6/c17-9-11-7-10-5-6-13(8-14(10)16-15(11)18)19-12-3-1-2-4-12;1-2/h5-9,12H,1-4H2,(H,16,18);1-2H3. The number of carbonyl (C=O) groups is 1. The average Bonchev–Trinajstić information content (AvgIpc) is 3.01. The molecule has 1 aliphatic rings. The Bertz CT molecular complexity index is 669. The second-order valence-corrected chi connectivity index (χ2v) is 4.95. The lowest BCUT2D eigenvalue weighted by molar-refractivity contribution is 0.112. The SMILES string of the molecule is CC.O=Cc1cc2ccc(OC3CCCC3)cc2[nH]c1=O. The van der Waals surface area contributed by atoms with Crippen molar-refractivity contribution in [2.45, 2.75) is 45.6 Å². The van der Waals surface area contributed by atoms with Crippen LogP contribution in [0, 0.1) is 0 Å². The van der Waals surface area contributed by atoms with E-state index in [1.165, 1.54) is 12.8 Å². The van der Waals surface area contributed by atoms with Crippen LogP contribution in [0.3, 0.4) is 0 Å². The van der Waals surface area contributed by atoms with Crippen LogP contribution < -0.4 is 10.3 Å². The van der Waals surface area contributed by atoms with E-state index in [0.29, 0.717) is 17.9 Å². The minimum absolute atomic E-state index is 0.150. The van der Waals surface area contributed by atoms with Crippen molar-refractivity contribution in [3.05, 3.63) is 40.2 Å². The van der Waals surface area contributed by atoms with E-state index in [-0.39, 0.29) is 11.1 Å². The van der Waals surface area contributed by atoms with Gasteiger partial charge in [0, 0.05) is 6.07 Å². The molecule has 21 heavy (non-hydrogen) atoms. The van der Waals surface area contributed by atoms with Gasteiger partial charge >= 0.3 is 0 Å². The van der Waals surface area contributed by atoms with Gasteiger partial charge in [-0.15, -0.1) is 0 Å². The summed E-state index contributed by atoms with van der Waals surface area (Å²) in [4.78, 5) is 25.0. The summed E-state index contributed by atoms with van der Waals surface area (Å²) in [6, 6.07) is 7.17. The first-order chi connectivity index (χ1) is 10.3. The lowest BCUT2D eigenvalue weighted by Gasteiger charge is -2.13. The number of aromatic amines is 1. The maximum absolute atomic E-state index is 11.6. The van der Waals surface area contributed by atoms with Crippen LogP contribution in [0.2, 0.25) is 0 Å². The van der Waals surface area contributed by atoms with Crippen molar-refractivity contribution in [1.29, 1.82) is 0 Å². The number of nitrogens with one attached hydrogen (secondary N) is 1. The van der Waals surface area contributed by atoms with E-state index < -0.39 is 0 Å². The van der Waals surface area contributed by atoms with Crippen molar-refractivity contribution in [2.24, 2.45) is 0 Å². The second kappa shape index (κ2) is 7.07. The number of fused-ring (bicyclic) bond motifs is 1. The molecule has 2 aromatic rings. The van der Waals surface area contributed by atoms with E-state index in [4.69, 9.17) is 4.74 Å². The number of pyridine rings is 1. The predicted octanol–water partition coefficient (Wildman–Crippen LogP) is 3.69. The van der Waals surface area contributed by atoms with Crippen LogP contribution in [0.5, 0.6) is 5.75 Å². The van der Waals surface area contributed by atoms with Gasteiger partial charge in [-0.2, -0.15) is 0 Å². The third kappa shape index (κ3) is 3.51. The molecule has 1 heterocycles. The van der Waals surface area contributed by atoms with E-state index in [0.717, 1.165) is 24.0 Å². The highest BCUT2D eigenvalue weighted by atomic mass is 16.5. The maximum atomic E-state index is 11.6. The van der Waals surface area contributed by atoms with E-state index in [9.17, 15) is 9.59 Å². The van der Waals surface area contributed by atoms with Crippen molar-refractivity contribution < 1.29 is 9.53 Å². The third-order valence-electron chi connectivity index (χ3n) is 3.58. The maximum Gasteiger partial charge on any atom is 0.259 e. The van der Waals surface area contributed by atoms with Gasteiger partial charge in [0.25, 0.3) is 5.56 Å². The van der Waals surface area contributed by atoms with Gasteiger partial charge in [-0.05, 0) is 49.3 Å². The van der Waals surface area contributed by atoms with Crippen LogP contribution in [-0.4, -0.2) is 17.4 Å². The number of hydrogen-bond donors (Lipinski definition) is 1. The molecule has 0 radical (unpaired) electrons. The molecule has 4 nitrogen and oxygen atoms in total. The Hall–Kier alpha value is -2.10. The van der Waals surface area contributed by atoms with Crippen LogP contribution in [0.25, 0.3) is 10.9 Å². The predicted molar refractivity (Wildman–Crippen MR) is 84.2 cm³/mol. The fourth-order valence-corrected chi connectivity index (χ4v) is 2.56. The van der Waals surface area contributed by atoms with Gasteiger partial charge in [0.05, 0.1) is 17.2 Å². The quantitative estimate of drug-likeness (QED) is 0.876. The van der Waals surface area contributed by atoms with Crippen molar-refractivity contribution >= 4 is 17.2 Å². The summed E-state index contributed by atoms with van der Waals surface area (Å²) in [7, 11) is 0. The summed E-state index contributed by atoms with van der Waals surface area (Å²) >= 11 is 0. The Balaban J connectivity index is 0.000000774. The molecule has 1 N–H and O–H groups in total. The summed E-state index contributed by atoms with van der Waals surface area (Å²) in [5.74, 6) is 0.772. The van der Waals surface area contributed by atoms with Crippen molar-refractivity contribution in [1.82, 2.24) is 4.98 Å². The highest BCUT2D eigenvalue weighted by Crippen LogP contribution is 2.25. The monoisotopic (exact) mass is 287 g/mol. The summed E-state index contributed by atoms with van der Waals surface area (Å²) in [6.07, 6.45) is 5.49. The second-order valence-electron chi connectivity index (χ2n) is 4.95. The van der Waals surface area contributed by atoms with E-state index >= 15 is 0 Å². The molecule has 0 saturated heterocycles. The Morgan fingerprint density at radius 2 is 1.90 bits per heavy atom. The first-order valence-corrected chi connectivity index (χ1v) is 7.55. The molecule has 1 saturated carbocycles. The molecular weight excluding hydrogens is 266 g/mol. The minimum atomic E-state index is -0.361. The molecule has 4 heteroatoms. The zero-order chi connectivity index (χ0) is 15.2. The summed E-state index contributed by atoms with van der Waals surface area (Å²) in [6.45, 7) is 4.00. The molecule has 1 aromatic heterocycles. The number of aromatic nitrogens is 1. The summed E-state index contributed by atoms with van der Waals surface area (Å²) < 4.78 is 5.89. The van der Waals surface area contributed by atoms with E-state index in [1.54, 1.807) is 6.07 Å². The van der Waals surface area contributed by atoms with Crippen molar-refractivity contribution in [3.63, 3.8) is 0 Å². The number of H-pyrrole nitrogens is 1. The molecule has 3 rings (SSSR count). The molecule has 0 bridgehead atoms. The number of ether oxygens (including phenoxy) is 1. The molecule has 1 aromatic carbocycles. The zero-order valence-corrected chi connectivity index (χ0v) is 12.5. The molecule has 0 aliphatic heterocycles. The molecule has 0 atom stereocenters. The smallest absolute Gasteiger partial charge is 0.259 e. The first kappa shape index (κ1) is 15.3. The minimum Gasteiger partial charge on any atom is -0.490 e. The highest BCUT2D eigenvalue weighted by Gasteiger charge is 2.16. The van der Waals surface area contributed by atoms with E-state index in [1.807, 2.05) is 32.0 Å². The number of rotatable bonds is 3. The van der Waals surface area contributed by atoms with Crippen LogP contribution in [-0.2, 0) is 0 Å². The van der Waals surface area contributed by atoms with Gasteiger partial charge < -0.3 is 9.72 Å². The molecule has 0 amide bonds. The Labute approximate surface area is 124 Å². The van der Waals surface area contributed by atoms with Gasteiger partial charge in [-0.25, -0.2) is 0 Å². The topological polar surface area (TPSA) is 59.2 Å². The van der Waals surface area contributed by atoms with Crippen LogP contribution in [0.4, 0.5) is 0 Å². The Morgan fingerprint density at radius 3 is 2.57 bits per heavy atom. The average molecular weight is 287 g/mol. The third-order valence-corrected chi connectivity index (χ3v) is 3.58. The normalized spacial score (nSPS) is 14.6. The van der Waals surface area contributed by atoms with Gasteiger partial charge in [-0.3, -0.25) is 9.59 Å². The highest BCUT2D eigenvalue weighted by molar-refractivity contribution is 5.86. The molecule has 112 valence electrons. The van der Waals surface area contributed by atoms with Gasteiger partial charge in [-0.1, -0.05) is 13.8 Å². The van der Waals surface area contributed by atoms with Crippen molar-refractivity contribution in [3.8, 4) is 5.75 Å². The van der Waals surface area contributed by atoms with Gasteiger partial charge in [0.1, 0.15) is 5.75 Å². The largest absolute Gasteiger partial charge is 0.490 e. The first-order valence-electron chi connectivity index (χ1n) is 7.55. The Kier molecular flexibility index (Phi) is 5.14. The fourth-order valence-electron chi connectivity index (χ4n) is 2.56. The van der Waals surface area contributed by atoms with Crippen LogP contribution in [0.15, 0.2) is 29.1 Å². The van der Waals surface area contributed by atoms with E-state index in [2.05, 4.69) is 4.98 Å². The molecule has 1 aliphatic carbocycles. The summed E-state index contributed by atoms with van der Waals surface area (Å²) in [5, 5.41) is 0.834. The lowest BCUT2D eigenvalue weighted by Crippen LogP contribution is -2.12. The van der Waals surface area contributed by atoms with Gasteiger partial charge in [0.2, 0.25) is 0 Å². The zero-order valence-electron chi connectivity index (χ0n) is 12.5. The molecular formula is C17H21NO3. The molecule has 0 unspecified atom stereocenters.